The fourth-order valence-electron chi connectivity index (χ4n) is 1.05. The molecule has 0 rings (SSSR count). The molecule has 0 heterocycles. The number of ketones is 1. The van der Waals surface area contributed by atoms with Gasteiger partial charge in [0.25, 0.3) is 0 Å². The minimum atomic E-state index is 0.275. The Balaban J connectivity index is 3.41. The van der Waals surface area contributed by atoms with Crippen LogP contribution in [0.5, 0.6) is 0 Å². The van der Waals surface area contributed by atoms with E-state index in [1.165, 1.54) is 0 Å². The maximum absolute atomic E-state index is 11.3. The number of Topliss-reactive ketones (excluding diaryl/α,β-unsaturated/α-hetero) is 1. The Labute approximate surface area is 81.7 Å². The van der Waals surface area contributed by atoms with Gasteiger partial charge in [0, 0.05) is 26.6 Å². The van der Waals surface area contributed by atoms with E-state index in [-0.39, 0.29) is 5.41 Å². The molecule has 0 aromatic rings. The maximum atomic E-state index is 11.3. The highest BCUT2D eigenvalue weighted by Gasteiger charge is 2.12. The number of rotatable bonds is 6. The molecule has 0 saturated heterocycles. The smallest absolute Gasteiger partial charge is 0.133 e. The van der Waals surface area contributed by atoms with Gasteiger partial charge >= 0.3 is 0 Å². The first-order valence-electron chi connectivity index (χ1n) is 4.96. The first kappa shape index (κ1) is 12.6. The molecule has 2 nitrogen and oxygen atoms in total. The van der Waals surface area contributed by atoms with Crippen molar-refractivity contribution in [3.63, 3.8) is 0 Å². The minimum absolute atomic E-state index is 0.275. The molecule has 0 amide bonds. The van der Waals surface area contributed by atoms with Gasteiger partial charge in [-0.15, -0.1) is 0 Å². The van der Waals surface area contributed by atoms with Crippen LogP contribution >= 0.6 is 0 Å². The Kier molecular flexibility index (Phi) is 5.97. The molecule has 0 aliphatic heterocycles. The van der Waals surface area contributed by atoms with Crippen molar-refractivity contribution in [3.05, 3.63) is 0 Å². The van der Waals surface area contributed by atoms with E-state index < -0.39 is 0 Å². The van der Waals surface area contributed by atoms with Crippen molar-refractivity contribution in [2.24, 2.45) is 5.41 Å². The van der Waals surface area contributed by atoms with Crippen molar-refractivity contribution in [1.29, 1.82) is 0 Å². The van der Waals surface area contributed by atoms with Crippen molar-refractivity contribution in [3.8, 4) is 0 Å². The van der Waals surface area contributed by atoms with E-state index in [0.717, 1.165) is 12.8 Å². The molecular formula is C11H22O2. The number of carbonyl (C=O) groups excluding carboxylic acids is 1. The fraction of sp³-hybridized carbons (Fsp3) is 0.909. The molecule has 0 bridgehead atoms. The van der Waals surface area contributed by atoms with Crippen LogP contribution in [-0.4, -0.2) is 19.5 Å². The van der Waals surface area contributed by atoms with E-state index in [1.807, 2.05) is 0 Å². The van der Waals surface area contributed by atoms with Crippen LogP contribution in [0.15, 0.2) is 0 Å². The molecule has 0 fully saturated rings. The van der Waals surface area contributed by atoms with Crippen LogP contribution < -0.4 is 0 Å². The summed E-state index contributed by atoms with van der Waals surface area (Å²) in [4.78, 5) is 11.3. The number of carbonyl (C=O) groups is 1. The highest BCUT2D eigenvalue weighted by Crippen LogP contribution is 2.21. The predicted octanol–water partition coefficient (Wildman–Crippen LogP) is 2.81. The highest BCUT2D eigenvalue weighted by atomic mass is 16.5. The van der Waals surface area contributed by atoms with Gasteiger partial charge in [-0.25, -0.2) is 0 Å². The largest absolute Gasteiger partial charge is 0.385 e. The van der Waals surface area contributed by atoms with Gasteiger partial charge < -0.3 is 4.74 Å². The Morgan fingerprint density at radius 1 is 1.23 bits per heavy atom. The zero-order chi connectivity index (χ0) is 10.3. The van der Waals surface area contributed by atoms with E-state index in [2.05, 4.69) is 20.8 Å². The molecule has 0 aliphatic rings. The third kappa shape index (κ3) is 9.54. The molecule has 13 heavy (non-hydrogen) atoms. The van der Waals surface area contributed by atoms with E-state index in [9.17, 15) is 4.79 Å². The number of hydrogen-bond donors (Lipinski definition) is 0. The summed E-state index contributed by atoms with van der Waals surface area (Å²) < 4.78 is 4.89. The molecule has 2 heteroatoms. The van der Waals surface area contributed by atoms with Gasteiger partial charge in [-0.3, -0.25) is 4.79 Å². The summed E-state index contributed by atoms with van der Waals surface area (Å²) in [6, 6.07) is 0. The molecule has 0 unspecified atom stereocenters. The number of ether oxygens (including phenoxy) is 1. The van der Waals surface area contributed by atoms with Crippen LogP contribution in [0.1, 0.15) is 46.5 Å². The quantitative estimate of drug-likeness (QED) is 0.596. The van der Waals surface area contributed by atoms with Crippen molar-refractivity contribution in [1.82, 2.24) is 0 Å². The van der Waals surface area contributed by atoms with Crippen LogP contribution in [0, 0.1) is 5.41 Å². The lowest BCUT2D eigenvalue weighted by Crippen LogP contribution is -2.09. The first-order valence-corrected chi connectivity index (χ1v) is 4.96. The molecule has 0 saturated carbocycles. The lowest BCUT2D eigenvalue weighted by Gasteiger charge is -2.16. The summed E-state index contributed by atoms with van der Waals surface area (Å²) in [6.07, 6.45) is 3.23. The Bertz CT molecular complexity index is 145. The number of methoxy groups -OCH3 is 1. The summed E-state index contributed by atoms with van der Waals surface area (Å²) in [5.41, 5.74) is 0.275. The van der Waals surface area contributed by atoms with Crippen molar-refractivity contribution in [2.45, 2.75) is 46.5 Å². The van der Waals surface area contributed by atoms with Gasteiger partial charge in [-0.2, -0.15) is 0 Å². The normalized spacial score (nSPS) is 11.7. The fourth-order valence-corrected chi connectivity index (χ4v) is 1.05. The van der Waals surface area contributed by atoms with Crippen LogP contribution in [0.3, 0.4) is 0 Å². The first-order chi connectivity index (χ1) is 5.95. The topological polar surface area (TPSA) is 26.3 Å². The summed E-state index contributed by atoms with van der Waals surface area (Å²) >= 11 is 0. The van der Waals surface area contributed by atoms with Crippen LogP contribution in [-0.2, 0) is 9.53 Å². The SMILES string of the molecule is COCCCC(=O)CCC(C)(C)C. The zero-order valence-electron chi connectivity index (χ0n) is 9.35. The molecular weight excluding hydrogens is 164 g/mol. The molecule has 0 aromatic carbocycles. The van der Waals surface area contributed by atoms with E-state index in [1.54, 1.807) is 7.11 Å². The molecule has 0 radical (unpaired) electrons. The lowest BCUT2D eigenvalue weighted by atomic mass is 9.89. The van der Waals surface area contributed by atoms with Crippen molar-refractivity contribution in [2.75, 3.05) is 13.7 Å². The monoisotopic (exact) mass is 186 g/mol. The van der Waals surface area contributed by atoms with Gasteiger partial charge in [0.15, 0.2) is 0 Å². The van der Waals surface area contributed by atoms with Gasteiger partial charge in [0.1, 0.15) is 5.78 Å². The van der Waals surface area contributed by atoms with Gasteiger partial charge in [-0.1, -0.05) is 20.8 Å². The average Bonchev–Trinajstić information content (AvgIpc) is 2.00. The summed E-state index contributed by atoms with van der Waals surface area (Å²) in [5.74, 6) is 0.368. The zero-order valence-corrected chi connectivity index (χ0v) is 9.35. The molecule has 0 atom stereocenters. The third-order valence-corrected chi connectivity index (χ3v) is 1.96. The lowest BCUT2D eigenvalue weighted by molar-refractivity contribution is -0.119. The Morgan fingerprint density at radius 3 is 2.31 bits per heavy atom. The standard InChI is InChI=1S/C11H22O2/c1-11(2,3)8-7-10(12)6-5-9-13-4/h5-9H2,1-4H3. The number of hydrogen-bond acceptors (Lipinski definition) is 2. The van der Waals surface area contributed by atoms with Crippen molar-refractivity contribution < 1.29 is 9.53 Å². The van der Waals surface area contributed by atoms with Crippen LogP contribution in [0.4, 0.5) is 0 Å². The molecule has 0 spiro atoms. The van der Waals surface area contributed by atoms with Crippen molar-refractivity contribution >= 4 is 5.78 Å². The molecule has 0 aliphatic carbocycles. The maximum Gasteiger partial charge on any atom is 0.133 e. The highest BCUT2D eigenvalue weighted by molar-refractivity contribution is 5.78. The minimum Gasteiger partial charge on any atom is -0.385 e. The van der Waals surface area contributed by atoms with Gasteiger partial charge in [0.05, 0.1) is 0 Å². The van der Waals surface area contributed by atoms with E-state index in [4.69, 9.17) is 4.74 Å². The third-order valence-electron chi connectivity index (χ3n) is 1.96. The second-order valence-electron chi connectivity index (χ2n) is 4.70. The summed E-state index contributed by atoms with van der Waals surface area (Å²) in [7, 11) is 1.67. The van der Waals surface area contributed by atoms with Gasteiger partial charge in [-0.05, 0) is 18.3 Å². The molecule has 0 aromatic heterocycles. The second-order valence-corrected chi connectivity index (χ2v) is 4.70. The molecule has 0 N–H and O–H groups in total. The van der Waals surface area contributed by atoms with Gasteiger partial charge in [0.2, 0.25) is 0 Å². The predicted molar refractivity (Wildman–Crippen MR) is 54.8 cm³/mol. The Hall–Kier alpha value is -0.370. The van der Waals surface area contributed by atoms with E-state index >= 15 is 0 Å². The molecule has 78 valence electrons. The summed E-state index contributed by atoms with van der Waals surface area (Å²) in [6.45, 7) is 7.18. The summed E-state index contributed by atoms with van der Waals surface area (Å²) in [5, 5.41) is 0. The van der Waals surface area contributed by atoms with Crippen LogP contribution in [0.2, 0.25) is 0 Å². The van der Waals surface area contributed by atoms with Crippen LogP contribution in [0.25, 0.3) is 0 Å². The Morgan fingerprint density at radius 2 is 1.85 bits per heavy atom. The average molecular weight is 186 g/mol. The van der Waals surface area contributed by atoms with E-state index in [0.29, 0.717) is 25.2 Å². The second kappa shape index (κ2) is 6.14.